The van der Waals surface area contributed by atoms with Crippen LogP contribution < -0.4 is 0 Å². The molecule has 0 aliphatic rings. The van der Waals surface area contributed by atoms with E-state index in [9.17, 15) is 21.6 Å². The molecule has 0 aliphatic carbocycles. The molecular formula is C16H11F3O2S. The van der Waals surface area contributed by atoms with Crippen LogP contribution in [0.2, 0.25) is 0 Å². The summed E-state index contributed by atoms with van der Waals surface area (Å²) in [4.78, 5) is 0.0397. The van der Waals surface area contributed by atoms with Crippen molar-refractivity contribution in [1.29, 1.82) is 0 Å². The van der Waals surface area contributed by atoms with E-state index in [4.69, 9.17) is 6.42 Å². The Morgan fingerprint density at radius 3 is 2.09 bits per heavy atom. The summed E-state index contributed by atoms with van der Waals surface area (Å²) >= 11 is 0. The number of rotatable bonds is 2. The summed E-state index contributed by atoms with van der Waals surface area (Å²) in [5.41, 5.74) is -0.339. The van der Waals surface area contributed by atoms with Gasteiger partial charge in [-0.05, 0) is 41.5 Å². The van der Waals surface area contributed by atoms with E-state index in [2.05, 4.69) is 5.92 Å². The van der Waals surface area contributed by atoms with Gasteiger partial charge in [-0.1, -0.05) is 18.1 Å². The molecule has 0 heterocycles. The molecule has 22 heavy (non-hydrogen) atoms. The maximum atomic E-state index is 13.1. The van der Waals surface area contributed by atoms with E-state index in [1.165, 1.54) is 36.4 Å². The molecule has 2 rings (SSSR count). The van der Waals surface area contributed by atoms with Gasteiger partial charge in [-0.3, -0.25) is 0 Å². The van der Waals surface area contributed by atoms with Gasteiger partial charge in [-0.15, -0.1) is 6.42 Å². The van der Waals surface area contributed by atoms with Gasteiger partial charge in [0.15, 0.2) is 9.84 Å². The quantitative estimate of drug-likeness (QED) is 0.788. The largest absolute Gasteiger partial charge is 0.417 e. The van der Waals surface area contributed by atoms with Crippen molar-refractivity contribution in [2.45, 2.75) is 11.1 Å². The zero-order valence-electron chi connectivity index (χ0n) is 11.5. The highest BCUT2D eigenvalue weighted by atomic mass is 32.2. The first-order valence-corrected chi connectivity index (χ1v) is 8.00. The van der Waals surface area contributed by atoms with Crippen LogP contribution in [0.5, 0.6) is 0 Å². The Balaban J connectivity index is 2.63. The van der Waals surface area contributed by atoms with Gasteiger partial charge in [0.2, 0.25) is 0 Å². The van der Waals surface area contributed by atoms with Crippen LogP contribution in [-0.4, -0.2) is 14.7 Å². The molecule has 0 unspecified atom stereocenters. The van der Waals surface area contributed by atoms with Crippen molar-refractivity contribution in [2.75, 3.05) is 6.26 Å². The Morgan fingerprint density at radius 2 is 1.64 bits per heavy atom. The minimum atomic E-state index is -4.53. The summed E-state index contributed by atoms with van der Waals surface area (Å²) < 4.78 is 62.1. The summed E-state index contributed by atoms with van der Waals surface area (Å²) in [6.07, 6.45) is 1.73. The maximum Gasteiger partial charge on any atom is 0.417 e. The lowest BCUT2D eigenvalue weighted by Crippen LogP contribution is -2.07. The van der Waals surface area contributed by atoms with Crippen LogP contribution in [0, 0.1) is 12.3 Å². The third-order valence-electron chi connectivity index (χ3n) is 3.09. The average Bonchev–Trinajstić information content (AvgIpc) is 2.45. The van der Waals surface area contributed by atoms with E-state index in [0.717, 1.165) is 12.3 Å². The van der Waals surface area contributed by atoms with Gasteiger partial charge in [0.05, 0.1) is 10.5 Å². The molecule has 0 aromatic heterocycles. The first kappa shape index (κ1) is 16.1. The van der Waals surface area contributed by atoms with Crippen molar-refractivity contribution in [3.05, 3.63) is 53.6 Å². The first-order valence-electron chi connectivity index (χ1n) is 6.11. The molecule has 0 spiro atoms. The molecule has 114 valence electrons. The van der Waals surface area contributed by atoms with Crippen molar-refractivity contribution in [2.24, 2.45) is 0 Å². The van der Waals surface area contributed by atoms with Crippen molar-refractivity contribution >= 4 is 9.84 Å². The van der Waals surface area contributed by atoms with Crippen molar-refractivity contribution in [3.63, 3.8) is 0 Å². The van der Waals surface area contributed by atoms with Crippen LogP contribution in [0.15, 0.2) is 47.4 Å². The molecular weight excluding hydrogens is 313 g/mol. The lowest BCUT2D eigenvalue weighted by molar-refractivity contribution is -0.137. The molecule has 0 radical (unpaired) electrons. The SMILES string of the molecule is C#Cc1ccc(C(F)(F)F)c(-c2ccc(S(C)(=O)=O)cc2)c1. The maximum absolute atomic E-state index is 13.1. The van der Waals surface area contributed by atoms with Gasteiger partial charge >= 0.3 is 6.18 Å². The van der Waals surface area contributed by atoms with Crippen LogP contribution >= 0.6 is 0 Å². The summed E-state index contributed by atoms with van der Waals surface area (Å²) in [6, 6.07) is 8.62. The predicted molar refractivity (Wildman–Crippen MR) is 77.9 cm³/mol. The lowest BCUT2D eigenvalue weighted by Gasteiger charge is -2.14. The normalized spacial score (nSPS) is 12.0. The predicted octanol–water partition coefficient (Wildman–Crippen LogP) is 3.76. The fraction of sp³-hybridized carbons (Fsp3) is 0.125. The van der Waals surface area contributed by atoms with Crippen molar-refractivity contribution in [3.8, 4) is 23.5 Å². The van der Waals surface area contributed by atoms with Crippen molar-refractivity contribution < 1.29 is 21.6 Å². The Labute approximate surface area is 126 Å². The van der Waals surface area contributed by atoms with Crippen LogP contribution in [0.1, 0.15) is 11.1 Å². The highest BCUT2D eigenvalue weighted by Gasteiger charge is 2.33. The van der Waals surface area contributed by atoms with Gasteiger partial charge in [-0.25, -0.2) is 8.42 Å². The fourth-order valence-electron chi connectivity index (χ4n) is 2.00. The molecule has 0 N–H and O–H groups in total. The summed E-state index contributed by atoms with van der Waals surface area (Å²) in [7, 11) is -3.41. The zero-order chi connectivity index (χ0) is 16.5. The Bertz CT molecular complexity index is 842. The molecule has 0 saturated carbocycles. The molecule has 6 heteroatoms. The van der Waals surface area contributed by atoms with Crippen LogP contribution in [-0.2, 0) is 16.0 Å². The molecule has 0 saturated heterocycles. The van der Waals surface area contributed by atoms with Gasteiger partial charge in [-0.2, -0.15) is 13.2 Å². The third kappa shape index (κ3) is 3.31. The molecule has 2 nitrogen and oxygen atoms in total. The van der Waals surface area contributed by atoms with E-state index in [1.807, 2.05) is 0 Å². The minimum Gasteiger partial charge on any atom is -0.224 e. The van der Waals surface area contributed by atoms with Crippen molar-refractivity contribution in [1.82, 2.24) is 0 Å². The van der Waals surface area contributed by atoms with E-state index in [1.54, 1.807) is 0 Å². The Kier molecular flexibility index (Phi) is 4.03. The topological polar surface area (TPSA) is 34.1 Å². The van der Waals surface area contributed by atoms with Gasteiger partial charge in [0.1, 0.15) is 0 Å². The van der Waals surface area contributed by atoms with E-state index in [0.29, 0.717) is 5.56 Å². The summed E-state index contributed by atoms with van der Waals surface area (Å²) in [5, 5.41) is 0. The van der Waals surface area contributed by atoms with Gasteiger partial charge in [0, 0.05) is 11.8 Å². The fourth-order valence-corrected chi connectivity index (χ4v) is 2.63. The number of alkyl halides is 3. The summed E-state index contributed by atoms with van der Waals surface area (Å²) in [6.45, 7) is 0. The lowest BCUT2D eigenvalue weighted by atomic mass is 9.97. The molecule has 0 fully saturated rings. The second-order valence-electron chi connectivity index (χ2n) is 4.70. The highest BCUT2D eigenvalue weighted by Crippen LogP contribution is 2.37. The molecule has 0 atom stereocenters. The first-order chi connectivity index (χ1) is 10.1. The Morgan fingerprint density at radius 1 is 1.05 bits per heavy atom. The molecule has 0 aliphatic heterocycles. The highest BCUT2D eigenvalue weighted by molar-refractivity contribution is 7.90. The number of hydrogen-bond acceptors (Lipinski definition) is 2. The number of benzene rings is 2. The smallest absolute Gasteiger partial charge is 0.224 e. The standard InChI is InChI=1S/C16H11F3O2S/c1-3-11-4-9-15(16(17,18)19)14(10-11)12-5-7-13(8-6-12)22(2,20)21/h1,4-10H,2H3. The van der Waals surface area contributed by atoms with Gasteiger partial charge < -0.3 is 0 Å². The number of terminal acetylenes is 1. The van der Waals surface area contributed by atoms with Gasteiger partial charge in [0.25, 0.3) is 0 Å². The van der Waals surface area contributed by atoms with Crippen LogP contribution in [0.25, 0.3) is 11.1 Å². The zero-order valence-corrected chi connectivity index (χ0v) is 12.3. The van der Waals surface area contributed by atoms with Crippen LogP contribution in [0.3, 0.4) is 0 Å². The number of sulfone groups is 1. The number of hydrogen-bond donors (Lipinski definition) is 0. The number of halogens is 3. The van der Waals surface area contributed by atoms with Crippen LogP contribution in [0.4, 0.5) is 13.2 Å². The molecule has 2 aromatic rings. The van der Waals surface area contributed by atoms with E-state index < -0.39 is 21.6 Å². The van der Waals surface area contributed by atoms with E-state index >= 15 is 0 Å². The average molecular weight is 324 g/mol. The summed E-state index contributed by atoms with van der Waals surface area (Å²) in [5.74, 6) is 2.29. The Hall–Kier alpha value is -2.26. The third-order valence-corrected chi connectivity index (χ3v) is 4.21. The monoisotopic (exact) mass is 324 g/mol. The molecule has 2 aromatic carbocycles. The second kappa shape index (κ2) is 5.50. The molecule has 0 amide bonds. The second-order valence-corrected chi connectivity index (χ2v) is 6.71. The van der Waals surface area contributed by atoms with E-state index in [-0.39, 0.29) is 16.0 Å². The minimum absolute atomic E-state index is 0.0397. The molecule has 0 bridgehead atoms.